The summed E-state index contributed by atoms with van der Waals surface area (Å²) in [5.74, 6) is 7.95. The van der Waals surface area contributed by atoms with E-state index in [1.165, 1.54) is 0 Å². The molecule has 0 spiro atoms. The summed E-state index contributed by atoms with van der Waals surface area (Å²) >= 11 is 0. The van der Waals surface area contributed by atoms with E-state index in [2.05, 4.69) is 96.3 Å². The van der Waals surface area contributed by atoms with Gasteiger partial charge in [-0.05, 0) is 48.5 Å². The van der Waals surface area contributed by atoms with Gasteiger partial charge in [-0.15, -0.1) is 11.1 Å². The summed E-state index contributed by atoms with van der Waals surface area (Å²) in [5, 5.41) is 0. The normalized spacial score (nSPS) is 11.7. The molecule has 5 rings (SSSR count). The van der Waals surface area contributed by atoms with Gasteiger partial charge in [-0.1, -0.05) is 51.1 Å². The van der Waals surface area contributed by atoms with E-state index < -0.39 is 16.1 Å². The number of hydrogen-bond donors (Lipinski definition) is 0. The second-order valence-electron chi connectivity index (χ2n) is 13.0. The average molecular weight is 591 g/mol. The van der Waals surface area contributed by atoms with E-state index in [1.54, 1.807) is 0 Å². The molecule has 42 heavy (non-hydrogen) atoms. The Morgan fingerprint density at radius 3 is 1.17 bits per heavy atom. The number of hydrogen-bond acceptors (Lipinski definition) is 6. The van der Waals surface area contributed by atoms with Crippen LogP contribution in [0.1, 0.15) is 11.1 Å². The van der Waals surface area contributed by atoms with Crippen molar-refractivity contribution in [3.63, 3.8) is 0 Å². The van der Waals surface area contributed by atoms with Crippen LogP contribution in [0.4, 0.5) is 11.4 Å². The number of anilines is 2. The zero-order chi connectivity index (χ0) is 30.4. The Bertz CT molecular complexity index is 1700. The molecule has 0 unspecified atom stereocenters. The Hall–Kier alpha value is -4.25. The molecule has 0 amide bonds. The molecule has 0 atom stereocenters. The van der Waals surface area contributed by atoms with Gasteiger partial charge in [0.15, 0.2) is 11.2 Å². The first-order valence-corrected chi connectivity index (χ1v) is 21.1. The molecule has 0 radical (unpaired) electrons. The fourth-order valence-corrected chi connectivity index (χ4v) is 5.32. The van der Waals surface area contributed by atoms with Crippen LogP contribution in [-0.4, -0.2) is 54.3 Å². The lowest BCUT2D eigenvalue weighted by Crippen LogP contribution is -2.16. The van der Waals surface area contributed by atoms with Gasteiger partial charge in [0.25, 0.3) is 0 Å². The monoisotopic (exact) mass is 590 g/mol. The number of aromatic nitrogens is 2. The summed E-state index contributed by atoms with van der Waals surface area (Å²) in [6.07, 6.45) is 0. The first kappa shape index (κ1) is 29.3. The minimum atomic E-state index is -1.73. The fraction of sp³-hybridized carbons (Fsp3) is 0.294. The van der Waals surface area contributed by atoms with Gasteiger partial charge in [-0.2, -0.15) is 0 Å². The molecule has 0 saturated heterocycles. The van der Waals surface area contributed by atoms with Gasteiger partial charge in [0, 0.05) is 50.7 Å². The molecule has 0 fully saturated rings. The first-order chi connectivity index (χ1) is 19.7. The number of rotatable bonds is 4. The highest BCUT2D eigenvalue weighted by molar-refractivity contribution is 6.84. The van der Waals surface area contributed by atoms with Crippen molar-refractivity contribution in [2.45, 2.75) is 39.3 Å². The zero-order valence-electron chi connectivity index (χ0n) is 26.2. The number of nitrogens with zero attached hydrogens (tertiary/aromatic N) is 4. The van der Waals surface area contributed by atoms with E-state index >= 15 is 0 Å². The van der Waals surface area contributed by atoms with Crippen molar-refractivity contribution in [3.05, 3.63) is 59.7 Å². The first-order valence-electron chi connectivity index (χ1n) is 14.1. The van der Waals surface area contributed by atoms with Crippen molar-refractivity contribution in [1.29, 1.82) is 0 Å². The van der Waals surface area contributed by atoms with Crippen LogP contribution in [0.3, 0.4) is 0 Å². The Labute approximate surface area is 250 Å². The fourth-order valence-electron chi connectivity index (χ4n) is 4.32. The maximum Gasteiger partial charge on any atom is 0.227 e. The van der Waals surface area contributed by atoms with Crippen LogP contribution in [0.5, 0.6) is 0 Å². The van der Waals surface area contributed by atoms with Gasteiger partial charge < -0.3 is 18.6 Å². The second kappa shape index (κ2) is 10.9. The Kier molecular flexibility index (Phi) is 7.57. The molecule has 8 heteroatoms. The second-order valence-corrected chi connectivity index (χ2v) is 22.5. The summed E-state index contributed by atoms with van der Waals surface area (Å²) in [7, 11) is 4.63. The standard InChI is InChI=1S/C34H38N4O2Si2/c1-37(2)25-15-11-23(12-16-25)33-35-29-27(19-21-41(5,6)7)32-30(28(31(29)39-33)20-22-42(8,9)10)36-34(40-32)24-13-17-26(18-14-24)38(3)4/h11-18H,1-10H3. The van der Waals surface area contributed by atoms with Crippen LogP contribution in [0.2, 0.25) is 39.3 Å². The molecule has 0 aliphatic heterocycles. The smallest absolute Gasteiger partial charge is 0.227 e. The molecule has 5 aromatic rings. The summed E-state index contributed by atoms with van der Waals surface area (Å²) < 4.78 is 13.1. The minimum absolute atomic E-state index is 0.523. The van der Waals surface area contributed by atoms with Crippen molar-refractivity contribution in [3.8, 4) is 45.8 Å². The zero-order valence-corrected chi connectivity index (χ0v) is 28.2. The lowest BCUT2D eigenvalue weighted by Gasteiger charge is -2.11. The summed E-state index contributed by atoms with van der Waals surface area (Å²) in [4.78, 5) is 14.1. The van der Waals surface area contributed by atoms with Crippen LogP contribution in [0.25, 0.3) is 45.1 Å². The van der Waals surface area contributed by atoms with E-state index in [0.29, 0.717) is 45.1 Å². The number of benzene rings is 3. The van der Waals surface area contributed by atoms with E-state index in [-0.39, 0.29) is 0 Å². The molecule has 214 valence electrons. The Morgan fingerprint density at radius 2 is 0.881 bits per heavy atom. The molecule has 0 saturated carbocycles. The average Bonchev–Trinajstić information content (AvgIpc) is 3.55. The molecular weight excluding hydrogens is 553 g/mol. The van der Waals surface area contributed by atoms with Crippen molar-refractivity contribution in [2.24, 2.45) is 0 Å². The number of oxazole rings is 2. The predicted molar refractivity (Wildman–Crippen MR) is 182 cm³/mol. The van der Waals surface area contributed by atoms with Crippen molar-refractivity contribution in [1.82, 2.24) is 9.97 Å². The number of fused-ring (bicyclic) bond motifs is 2. The summed E-state index contributed by atoms with van der Waals surface area (Å²) in [6, 6.07) is 16.3. The van der Waals surface area contributed by atoms with Gasteiger partial charge in [0.05, 0.1) is 11.1 Å². The highest BCUT2D eigenvalue weighted by atomic mass is 28.3. The minimum Gasteiger partial charge on any atom is -0.435 e. The van der Waals surface area contributed by atoms with Crippen molar-refractivity contribution < 1.29 is 8.83 Å². The SMILES string of the molecule is CN(C)c1ccc(-c2nc3c(C#C[Si](C)(C)C)c4oc(-c5ccc(N(C)C)cc5)nc4c(C#C[Si](C)(C)C)c3o2)cc1. The predicted octanol–water partition coefficient (Wildman–Crippen LogP) is 7.89. The molecule has 3 aromatic carbocycles. The van der Waals surface area contributed by atoms with Gasteiger partial charge in [0.2, 0.25) is 11.8 Å². The van der Waals surface area contributed by atoms with E-state index in [1.807, 2.05) is 52.5 Å². The van der Waals surface area contributed by atoms with Gasteiger partial charge in [-0.3, -0.25) is 0 Å². The molecular formula is C34H38N4O2Si2. The van der Waals surface area contributed by atoms with Crippen LogP contribution in [0, 0.1) is 22.9 Å². The molecule has 0 N–H and O–H groups in total. The van der Waals surface area contributed by atoms with Gasteiger partial charge in [0.1, 0.15) is 27.2 Å². The quantitative estimate of drug-likeness (QED) is 0.157. The van der Waals surface area contributed by atoms with Gasteiger partial charge >= 0.3 is 0 Å². The molecule has 0 bridgehead atoms. The lowest BCUT2D eigenvalue weighted by molar-refractivity contribution is 0.617. The Morgan fingerprint density at radius 1 is 0.548 bits per heavy atom. The van der Waals surface area contributed by atoms with Crippen molar-refractivity contribution in [2.75, 3.05) is 38.0 Å². The summed E-state index contributed by atoms with van der Waals surface area (Å²) in [5.41, 5.74) is 14.9. The molecule has 0 aliphatic carbocycles. The van der Waals surface area contributed by atoms with Crippen LogP contribution >= 0.6 is 0 Å². The van der Waals surface area contributed by atoms with Gasteiger partial charge in [-0.25, -0.2) is 9.97 Å². The third kappa shape index (κ3) is 6.16. The van der Waals surface area contributed by atoms with E-state index in [9.17, 15) is 0 Å². The maximum atomic E-state index is 6.53. The third-order valence-electron chi connectivity index (χ3n) is 6.57. The molecule has 6 nitrogen and oxygen atoms in total. The topological polar surface area (TPSA) is 58.5 Å². The van der Waals surface area contributed by atoms with E-state index in [4.69, 9.17) is 18.8 Å². The Balaban J connectivity index is 1.82. The van der Waals surface area contributed by atoms with Crippen LogP contribution < -0.4 is 9.80 Å². The lowest BCUT2D eigenvalue weighted by atomic mass is 10.1. The molecule has 0 aliphatic rings. The van der Waals surface area contributed by atoms with Crippen LogP contribution in [0.15, 0.2) is 57.4 Å². The summed E-state index contributed by atoms with van der Waals surface area (Å²) in [6.45, 7) is 13.3. The van der Waals surface area contributed by atoms with Crippen molar-refractivity contribution >= 4 is 49.7 Å². The maximum absolute atomic E-state index is 6.53. The molecule has 2 heterocycles. The highest BCUT2D eigenvalue weighted by Crippen LogP contribution is 2.37. The largest absolute Gasteiger partial charge is 0.435 e. The van der Waals surface area contributed by atoms with Crippen LogP contribution in [-0.2, 0) is 0 Å². The molecule has 2 aromatic heterocycles. The highest BCUT2D eigenvalue weighted by Gasteiger charge is 2.25. The van der Waals surface area contributed by atoms with E-state index in [0.717, 1.165) is 22.5 Å². The third-order valence-corrected chi connectivity index (χ3v) is 8.32.